The molecule has 6 heteroatoms. The van der Waals surface area contributed by atoms with Crippen LogP contribution in [0.4, 0.5) is 4.39 Å². The highest BCUT2D eigenvalue weighted by atomic mass is 35.5. The average Bonchev–Trinajstić information content (AvgIpc) is 2.40. The summed E-state index contributed by atoms with van der Waals surface area (Å²) in [6.07, 6.45) is 1.38. The Hall–Kier alpha value is -2.14. The molecule has 0 bridgehead atoms. The van der Waals surface area contributed by atoms with Crippen LogP contribution in [0.5, 0.6) is 5.75 Å². The predicted octanol–water partition coefficient (Wildman–Crippen LogP) is 3.15. The van der Waals surface area contributed by atoms with Crippen molar-refractivity contribution >= 4 is 17.6 Å². The quantitative estimate of drug-likeness (QED) is 0.935. The maximum Gasteiger partial charge on any atom is 0.354 e. The van der Waals surface area contributed by atoms with Gasteiger partial charge in [0.1, 0.15) is 18.2 Å². The van der Waals surface area contributed by atoms with Crippen molar-refractivity contribution in [3.05, 3.63) is 58.6 Å². The van der Waals surface area contributed by atoms with Gasteiger partial charge in [-0.25, -0.2) is 14.2 Å². The van der Waals surface area contributed by atoms with Gasteiger partial charge in [-0.05, 0) is 18.2 Å². The number of carbonyl (C=O) groups is 1. The maximum atomic E-state index is 13.2. The van der Waals surface area contributed by atoms with E-state index in [1.807, 2.05) is 0 Å². The van der Waals surface area contributed by atoms with Gasteiger partial charge in [-0.2, -0.15) is 0 Å². The predicted molar refractivity (Wildman–Crippen MR) is 66.9 cm³/mol. The number of aromatic carboxylic acids is 1. The lowest BCUT2D eigenvalue weighted by atomic mass is 10.2. The van der Waals surface area contributed by atoms with Gasteiger partial charge >= 0.3 is 5.97 Å². The van der Waals surface area contributed by atoms with Crippen LogP contribution in [0.1, 0.15) is 16.1 Å². The van der Waals surface area contributed by atoms with Gasteiger partial charge in [0.2, 0.25) is 0 Å². The van der Waals surface area contributed by atoms with Crippen LogP contribution in [0.3, 0.4) is 0 Å². The number of carboxylic acid groups (broad SMARTS) is 1. The summed E-state index contributed by atoms with van der Waals surface area (Å²) in [5.41, 5.74) is 0.322. The molecule has 0 fully saturated rings. The molecular weight excluding hydrogens is 273 g/mol. The Morgan fingerprint density at radius 1 is 1.42 bits per heavy atom. The molecule has 2 rings (SSSR count). The number of nitrogens with zero attached hydrogens (tertiary/aromatic N) is 1. The average molecular weight is 282 g/mol. The number of pyridine rings is 1. The number of carboxylic acids is 1. The number of ether oxygens (including phenoxy) is 1. The molecule has 0 aliphatic heterocycles. The SMILES string of the molecule is O=C(O)c1ncccc1COc1ccc(Cl)c(F)c1. The topological polar surface area (TPSA) is 59.4 Å². The Morgan fingerprint density at radius 2 is 2.21 bits per heavy atom. The summed E-state index contributed by atoms with van der Waals surface area (Å²) in [6.45, 7) is -0.0173. The largest absolute Gasteiger partial charge is 0.489 e. The second-order valence-corrected chi connectivity index (χ2v) is 4.09. The van der Waals surface area contributed by atoms with Gasteiger partial charge in [0.25, 0.3) is 0 Å². The summed E-state index contributed by atoms with van der Waals surface area (Å²) in [5.74, 6) is -1.47. The fourth-order valence-electron chi connectivity index (χ4n) is 1.48. The molecule has 1 aromatic heterocycles. The van der Waals surface area contributed by atoms with Crippen molar-refractivity contribution in [2.45, 2.75) is 6.61 Å². The van der Waals surface area contributed by atoms with E-state index in [1.165, 1.54) is 18.3 Å². The van der Waals surface area contributed by atoms with E-state index >= 15 is 0 Å². The first-order valence-corrected chi connectivity index (χ1v) is 5.71. The van der Waals surface area contributed by atoms with Crippen molar-refractivity contribution in [3.63, 3.8) is 0 Å². The third-order valence-electron chi connectivity index (χ3n) is 2.38. The van der Waals surface area contributed by atoms with Gasteiger partial charge in [-0.3, -0.25) is 0 Å². The minimum Gasteiger partial charge on any atom is -0.489 e. The molecule has 0 amide bonds. The Balaban J connectivity index is 2.14. The van der Waals surface area contributed by atoms with Crippen molar-refractivity contribution in [2.75, 3.05) is 0 Å². The minimum absolute atomic E-state index is 0.0000437. The van der Waals surface area contributed by atoms with Crippen LogP contribution in [0.15, 0.2) is 36.5 Å². The summed E-state index contributed by atoms with van der Waals surface area (Å²) in [7, 11) is 0. The van der Waals surface area contributed by atoms with E-state index in [2.05, 4.69) is 4.98 Å². The van der Waals surface area contributed by atoms with Crippen molar-refractivity contribution in [3.8, 4) is 5.75 Å². The van der Waals surface area contributed by atoms with Crippen LogP contribution < -0.4 is 4.74 Å². The number of halogens is 2. The van der Waals surface area contributed by atoms with Gasteiger partial charge in [0.15, 0.2) is 5.69 Å². The summed E-state index contributed by atoms with van der Waals surface area (Å²) in [4.78, 5) is 14.7. The number of hydrogen-bond acceptors (Lipinski definition) is 3. The summed E-state index contributed by atoms with van der Waals surface area (Å²) in [6, 6.07) is 7.20. The van der Waals surface area contributed by atoms with E-state index < -0.39 is 11.8 Å². The standard InChI is InChI=1S/C13H9ClFNO3/c14-10-4-3-9(6-11(10)15)19-7-8-2-1-5-16-12(8)13(17)18/h1-6H,7H2,(H,17,18). The lowest BCUT2D eigenvalue weighted by Gasteiger charge is -2.08. The first-order chi connectivity index (χ1) is 9.08. The summed E-state index contributed by atoms with van der Waals surface area (Å²) >= 11 is 5.55. The van der Waals surface area contributed by atoms with Gasteiger partial charge < -0.3 is 9.84 Å². The van der Waals surface area contributed by atoms with E-state index in [1.54, 1.807) is 12.1 Å². The van der Waals surface area contributed by atoms with Crippen molar-refractivity contribution in [2.24, 2.45) is 0 Å². The number of rotatable bonds is 4. The molecule has 0 aliphatic carbocycles. The lowest BCUT2D eigenvalue weighted by molar-refractivity contribution is 0.0687. The van der Waals surface area contributed by atoms with Gasteiger partial charge in [-0.15, -0.1) is 0 Å². The van der Waals surface area contributed by atoms with Crippen LogP contribution in [0, 0.1) is 5.82 Å². The second kappa shape index (κ2) is 5.67. The Bertz CT molecular complexity index is 619. The zero-order chi connectivity index (χ0) is 13.8. The molecule has 2 aromatic rings. The van der Waals surface area contributed by atoms with Crippen LogP contribution in [-0.4, -0.2) is 16.1 Å². The highest BCUT2D eigenvalue weighted by Crippen LogP contribution is 2.21. The van der Waals surface area contributed by atoms with Crippen LogP contribution in [0.25, 0.3) is 0 Å². The first-order valence-electron chi connectivity index (χ1n) is 5.33. The molecule has 1 heterocycles. The first kappa shape index (κ1) is 13.3. The van der Waals surface area contributed by atoms with Crippen LogP contribution in [0.2, 0.25) is 5.02 Å². The molecule has 0 aliphatic rings. The van der Waals surface area contributed by atoms with E-state index in [9.17, 15) is 9.18 Å². The minimum atomic E-state index is -1.14. The molecule has 0 unspecified atom stereocenters. The van der Waals surface area contributed by atoms with Crippen molar-refractivity contribution in [1.82, 2.24) is 4.98 Å². The van der Waals surface area contributed by atoms with E-state index in [-0.39, 0.29) is 23.1 Å². The molecule has 4 nitrogen and oxygen atoms in total. The molecule has 0 atom stereocenters. The lowest BCUT2D eigenvalue weighted by Crippen LogP contribution is -2.07. The highest BCUT2D eigenvalue weighted by molar-refractivity contribution is 6.30. The molecule has 19 heavy (non-hydrogen) atoms. The Morgan fingerprint density at radius 3 is 2.89 bits per heavy atom. The molecule has 98 valence electrons. The highest BCUT2D eigenvalue weighted by Gasteiger charge is 2.11. The number of hydrogen-bond donors (Lipinski definition) is 1. The zero-order valence-corrected chi connectivity index (χ0v) is 10.4. The second-order valence-electron chi connectivity index (χ2n) is 3.68. The van der Waals surface area contributed by atoms with Crippen LogP contribution in [-0.2, 0) is 6.61 Å². The van der Waals surface area contributed by atoms with E-state index in [0.29, 0.717) is 5.56 Å². The van der Waals surface area contributed by atoms with Gasteiger partial charge in [0, 0.05) is 17.8 Å². The molecule has 0 saturated heterocycles. The summed E-state index contributed by atoms with van der Waals surface area (Å²) in [5, 5.41) is 8.95. The third kappa shape index (κ3) is 3.20. The fourth-order valence-corrected chi connectivity index (χ4v) is 1.59. The van der Waals surface area contributed by atoms with Gasteiger partial charge in [-0.1, -0.05) is 17.7 Å². The summed E-state index contributed by atoms with van der Waals surface area (Å²) < 4.78 is 18.5. The maximum absolute atomic E-state index is 13.2. The Kier molecular flexibility index (Phi) is 3.97. The molecular formula is C13H9ClFNO3. The van der Waals surface area contributed by atoms with Crippen molar-refractivity contribution < 1.29 is 19.0 Å². The van der Waals surface area contributed by atoms with E-state index in [0.717, 1.165) is 6.07 Å². The van der Waals surface area contributed by atoms with Crippen molar-refractivity contribution in [1.29, 1.82) is 0 Å². The molecule has 1 aromatic carbocycles. The van der Waals surface area contributed by atoms with E-state index in [4.69, 9.17) is 21.4 Å². The molecule has 0 radical (unpaired) electrons. The fraction of sp³-hybridized carbons (Fsp3) is 0.0769. The molecule has 0 spiro atoms. The number of aromatic nitrogens is 1. The smallest absolute Gasteiger partial charge is 0.354 e. The molecule has 1 N–H and O–H groups in total. The molecule has 0 saturated carbocycles. The third-order valence-corrected chi connectivity index (χ3v) is 2.69. The van der Waals surface area contributed by atoms with Crippen LogP contribution >= 0.6 is 11.6 Å². The normalized spacial score (nSPS) is 10.2. The zero-order valence-electron chi connectivity index (χ0n) is 9.64. The van der Waals surface area contributed by atoms with Gasteiger partial charge in [0.05, 0.1) is 5.02 Å². The Labute approximate surface area is 113 Å². The number of benzene rings is 1. The monoisotopic (exact) mass is 281 g/mol.